The van der Waals surface area contributed by atoms with Crippen molar-refractivity contribution in [3.8, 4) is 0 Å². The first-order valence-electron chi connectivity index (χ1n) is 2.73. The summed E-state index contributed by atoms with van der Waals surface area (Å²) in [5.74, 6) is 1.30. The Bertz CT molecular complexity index is 205. The van der Waals surface area contributed by atoms with Gasteiger partial charge in [0.25, 0.3) is 0 Å². The zero-order chi connectivity index (χ0) is 6.69. The molecule has 0 fully saturated rings. The van der Waals surface area contributed by atoms with Crippen LogP contribution in [0.15, 0.2) is 17.2 Å². The largest absolute Gasteiger partial charge is 0.339 e. The molecule has 3 nitrogen and oxygen atoms in total. The highest BCUT2D eigenvalue weighted by atomic mass is 16.5. The Hall–Kier alpha value is -1.12. The lowest BCUT2D eigenvalue weighted by atomic mass is 10.4. The monoisotopic (exact) mass is 124 g/mol. The van der Waals surface area contributed by atoms with E-state index in [4.69, 9.17) is 4.52 Å². The fourth-order valence-corrected chi connectivity index (χ4v) is 0.546. The summed E-state index contributed by atoms with van der Waals surface area (Å²) in [4.78, 5) is 3.95. The Labute approximate surface area is 53.4 Å². The van der Waals surface area contributed by atoms with Gasteiger partial charge in [-0.05, 0) is 6.92 Å². The second kappa shape index (κ2) is 2.44. The van der Waals surface area contributed by atoms with Crippen molar-refractivity contribution in [1.29, 1.82) is 0 Å². The summed E-state index contributed by atoms with van der Waals surface area (Å²) in [7, 11) is 0. The molecule has 3 heteroatoms. The van der Waals surface area contributed by atoms with Gasteiger partial charge in [-0.25, -0.2) is 0 Å². The molecule has 0 saturated carbocycles. The minimum absolute atomic E-state index is 0.627. The van der Waals surface area contributed by atoms with Crippen LogP contribution >= 0.6 is 0 Å². The van der Waals surface area contributed by atoms with Crippen LogP contribution in [0.2, 0.25) is 0 Å². The predicted octanol–water partition coefficient (Wildman–Crippen LogP) is 1.11. The fraction of sp³-hybridized carbons (Fsp3) is 0.333. The van der Waals surface area contributed by atoms with E-state index in [1.54, 1.807) is 13.0 Å². The van der Waals surface area contributed by atoms with Crippen molar-refractivity contribution in [2.75, 3.05) is 0 Å². The third-order valence-electron chi connectivity index (χ3n) is 0.889. The van der Waals surface area contributed by atoms with Crippen LogP contribution in [0, 0.1) is 6.92 Å². The molecule has 0 bridgehead atoms. The van der Waals surface area contributed by atoms with Gasteiger partial charge in [0.05, 0.1) is 0 Å². The van der Waals surface area contributed by atoms with Crippen LogP contribution < -0.4 is 0 Å². The zero-order valence-electron chi connectivity index (χ0n) is 5.29. The molecule has 0 N–H and O–H groups in total. The Morgan fingerprint density at radius 2 is 2.56 bits per heavy atom. The number of hydrogen-bond acceptors (Lipinski definition) is 3. The van der Waals surface area contributed by atoms with E-state index in [0.717, 1.165) is 0 Å². The third-order valence-corrected chi connectivity index (χ3v) is 0.889. The van der Waals surface area contributed by atoms with Gasteiger partial charge in [-0.2, -0.15) is 4.98 Å². The second-order valence-electron chi connectivity index (χ2n) is 1.73. The van der Waals surface area contributed by atoms with E-state index in [2.05, 4.69) is 16.7 Å². The van der Waals surface area contributed by atoms with Gasteiger partial charge in [0, 0.05) is 6.42 Å². The highest BCUT2D eigenvalue weighted by Crippen LogP contribution is 1.95. The lowest BCUT2D eigenvalue weighted by Gasteiger charge is -1.77. The average Bonchev–Trinajstić information content (AvgIpc) is 2.17. The molecular formula is C6H8N2O. The molecule has 0 atom stereocenters. The van der Waals surface area contributed by atoms with Crippen LogP contribution in [0.3, 0.4) is 0 Å². The number of allylic oxidation sites excluding steroid dienone is 1. The molecule has 1 aromatic heterocycles. The number of hydrogen-bond donors (Lipinski definition) is 0. The smallest absolute Gasteiger partial charge is 0.230 e. The van der Waals surface area contributed by atoms with Gasteiger partial charge in [-0.15, -0.1) is 6.58 Å². The first-order chi connectivity index (χ1) is 4.33. The van der Waals surface area contributed by atoms with Gasteiger partial charge >= 0.3 is 0 Å². The van der Waals surface area contributed by atoms with Crippen LogP contribution in [0.25, 0.3) is 0 Å². The molecule has 0 radical (unpaired) electrons. The van der Waals surface area contributed by atoms with Gasteiger partial charge in [-0.3, -0.25) is 0 Å². The molecule has 0 aliphatic rings. The molecule has 1 rings (SSSR count). The maximum absolute atomic E-state index is 4.77. The van der Waals surface area contributed by atoms with Crippen molar-refractivity contribution in [3.05, 3.63) is 24.4 Å². The standard InChI is InChI=1S/C6H8N2O/c1-3-4-6-7-5(2)8-9-6/h3H,1,4H2,2H3. The molecule has 0 aliphatic carbocycles. The van der Waals surface area contributed by atoms with Gasteiger partial charge in [0.1, 0.15) is 0 Å². The van der Waals surface area contributed by atoms with Crippen molar-refractivity contribution >= 4 is 0 Å². The average molecular weight is 124 g/mol. The van der Waals surface area contributed by atoms with Gasteiger partial charge < -0.3 is 4.52 Å². The molecule has 0 aromatic carbocycles. The minimum Gasteiger partial charge on any atom is -0.339 e. The molecule has 0 amide bonds. The molecule has 0 saturated heterocycles. The van der Waals surface area contributed by atoms with Gasteiger partial charge in [0.15, 0.2) is 5.82 Å². The normalized spacial score (nSPS) is 9.44. The molecule has 48 valence electrons. The van der Waals surface area contributed by atoms with Crippen molar-refractivity contribution in [2.24, 2.45) is 0 Å². The molecule has 1 aromatic rings. The van der Waals surface area contributed by atoms with Crippen LogP contribution in [0.5, 0.6) is 0 Å². The molecule has 0 unspecified atom stereocenters. The molecule has 1 heterocycles. The van der Waals surface area contributed by atoms with Crippen LogP contribution in [-0.4, -0.2) is 10.1 Å². The number of aryl methyl sites for hydroxylation is 1. The summed E-state index contributed by atoms with van der Waals surface area (Å²) in [5, 5.41) is 3.60. The second-order valence-corrected chi connectivity index (χ2v) is 1.73. The Morgan fingerprint density at radius 1 is 1.78 bits per heavy atom. The predicted molar refractivity (Wildman–Crippen MR) is 32.9 cm³/mol. The quantitative estimate of drug-likeness (QED) is 0.554. The number of aromatic nitrogens is 2. The first kappa shape index (κ1) is 6.01. The van der Waals surface area contributed by atoms with Crippen LogP contribution in [0.4, 0.5) is 0 Å². The first-order valence-corrected chi connectivity index (χ1v) is 2.73. The molecule has 0 aliphatic heterocycles. The fourth-order valence-electron chi connectivity index (χ4n) is 0.546. The minimum atomic E-state index is 0.627. The van der Waals surface area contributed by atoms with Gasteiger partial charge in [-0.1, -0.05) is 11.2 Å². The zero-order valence-corrected chi connectivity index (χ0v) is 5.29. The van der Waals surface area contributed by atoms with E-state index >= 15 is 0 Å². The topological polar surface area (TPSA) is 38.9 Å². The van der Waals surface area contributed by atoms with E-state index in [9.17, 15) is 0 Å². The molecule has 0 spiro atoms. The van der Waals surface area contributed by atoms with E-state index in [1.807, 2.05) is 0 Å². The van der Waals surface area contributed by atoms with Crippen molar-refractivity contribution < 1.29 is 4.52 Å². The number of rotatable bonds is 2. The van der Waals surface area contributed by atoms with E-state index in [1.165, 1.54) is 0 Å². The maximum Gasteiger partial charge on any atom is 0.230 e. The maximum atomic E-state index is 4.77. The van der Waals surface area contributed by atoms with Crippen molar-refractivity contribution in [3.63, 3.8) is 0 Å². The highest BCUT2D eigenvalue weighted by molar-refractivity contribution is 4.88. The van der Waals surface area contributed by atoms with Crippen molar-refractivity contribution in [1.82, 2.24) is 10.1 Å². The summed E-state index contributed by atoms with van der Waals surface area (Å²) >= 11 is 0. The summed E-state index contributed by atoms with van der Waals surface area (Å²) in [6.07, 6.45) is 2.38. The van der Waals surface area contributed by atoms with Crippen LogP contribution in [-0.2, 0) is 6.42 Å². The summed E-state index contributed by atoms with van der Waals surface area (Å²) in [5.41, 5.74) is 0. The third kappa shape index (κ3) is 1.38. The summed E-state index contributed by atoms with van der Waals surface area (Å²) < 4.78 is 4.77. The summed E-state index contributed by atoms with van der Waals surface area (Å²) in [6, 6.07) is 0. The lowest BCUT2D eigenvalue weighted by molar-refractivity contribution is 0.382. The molecular weight excluding hydrogens is 116 g/mol. The lowest BCUT2D eigenvalue weighted by Crippen LogP contribution is -1.78. The highest BCUT2D eigenvalue weighted by Gasteiger charge is 1.96. The Kier molecular flexibility index (Phi) is 1.63. The SMILES string of the molecule is C=CCc1nc(C)no1. The Balaban J connectivity index is 2.72. The molecule has 9 heavy (non-hydrogen) atoms. The van der Waals surface area contributed by atoms with Crippen LogP contribution in [0.1, 0.15) is 11.7 Å². The number of nitrogens with zero attached hydrogens (tertiary/aromatic N) is 2. The van der Waals surface area contributed by atoms with E-state index in [-0.39, 0.29) is 0 Å². The van der Waals surface area contributed by atoms with Gasteiger partial charge in [0.2, 0.25) is 5.89 Å². The summed E-state index contributed by atoms with van der Waals surface area (Å²) in [6.45, 7) is 5.33. The van der Waals surface area contributed by atoms with Crippen molar-refractivity contribution in [2.45, 2.75) is 13.3 Å². The Morgan fingerprint density at radius 3 is 3.00 bits per heavy atom. The van der Waals surface area contributed by atoms with E-state index in [0.29, 0.717) is 18.1 Å². The van der Waals surface area contributed by atoms with E-state index < -0.39 is 0 Å².